The molecule has 0 fully saturated rings. The third-order valence-electron chi connectivity index (χ3n) is 2.39. The lowest BCUT2D eigenvalue weighted by molar-refractivity contribution is 0.348. The Bertz CT molecular complexity index is 448. The first-order chi connectivity index (χ1) is 8.15. The molecule has 0 aliphatic carbocycles. The summed E-state index contributed by atoms with van der Waals surface area (Å²) in [6.07, 6.45) is 4.79. The van der Waals surface area contributed by atoms with Crippen LogP contribution >= 0.6 is 0 Å². The quantitative estimate of drug-likeness (QED) is 0.813. The highest BCUT2D eigenvalue weighted by Crippen LogP contribution is 2.13. The molecule has 17 heavy (non-hydrogen) atoms. The number of hydrogen-bond donors (Lipinski definition) is 2. The fourth-order valence-electron chi connectivity index (χ4n) is 1.59. The average Bonchev–Trinajstić information content (AvgIpc) is 2.87. The van der Waals surface area contributed by atoms with Gasteiger partial charge < -0.3 is 15.2 Å². The van der Waals surface area contributed by atoms with Gasteiger partial charge in [0.1, 0.15) is 0 Å². The average molecular weight is 235 g/mol. The predicted molar refractivity (Wildman–Crippen MR) is 62.1 cm³/mol. The van der Waals surface area contributed by atoms with Gasteiger partial charge in [0, 0.05) is 24.7 Å². The molecule has 0 aliphatic rings. The molecule has 1 atom stereocenters. The maximum atomic E-state index is 5.99. The molecule has 0 radical (unpaired) electrons. The number of H-pyrrole nitrogens is 1. The molecule has 0 unspecified atom stereocenters. The minimum atomic E-state index is -0.288. The van der Waals surface area contributed by atoms with E-state index in [0.717, 1.165) is 17.9 Å². The van der Waals surface area contributed by atoms with Crippen LogP contribution in [0.3, 0.4) is 0 Å². The van der Waals surface area contributed by atoms with E-state index in [1.807, 2.05) is 0 Å². The lowest BCUT2D eigenvalue weighted by atomic mass is 10.1. The number of aromatic nitrogens is 4. The molecule has 2 heterocycles. The number of nitrogens with one attached hydrogen (secondary N) is 1. The predicted octanol–water partition coefficient (Wildman–Crippen LogP) is 1.23. The summed E-state index contributed by atoms with van der Waals surface area (Å²) in [5.41, 5.74) is 6.95. The SMILES string of the molecule is CC(C)Cc1noc([C@@H](N)Cc2cnc[nH]2)n1. The third-order valence-corrected chi connectivity index (χ3v) is 2.39. The van der Waals surface area contributed by atoms with Crippen LogP contribution < -0.4 is 5.73 Å². The van der Waals surface area contributed by atoms with Gasteiger partial charge in [-0.05, 0) is 5.92 Å². The molecule has 0 spiro atoms. The van der Waals surface area contributed by atoms with Crippen LogP contribution in [0.2, 0.25) is 0 Å². The number of rotatable bonds is 5. The minimum Gasteiger partial charge on any atom is -0.348 e. The first kappa shape index (κ1) is 11.8. The zero-order valence-corrected chi connectivity index (χ0v) is 10.1. The number of hydrogen-bond acceptors (Lipinski definition) is 5. The van der Waals surface area contributed by atoms with Gasteiger partial charge in [0.05, 0.1) is 12.4 Å². The Morgan fingerprint density at radius 3 is 2.88 bits per heavy atom. The Kier molecular flexibility index (Phi) is 3.53. The van der Waals surface area contributed by atoms with Crippen LogP contribution in [0, 0.1) is 5.92 Å². The maximum Gasteiger partial charge on any atom is 0.243 e. The monoisotopic (exact) mass is 235 g/mol. The molecule has 0 saturated heterocycles. The maximum absolute atomic E-state index is 5.99. The van der Waals surface area contributed by atoms with Crippen molar-refractivity contribution in [3.63, 3.8) is 0 Å². The van der Waals surface area contributed by atoms with Gasteiger partial charge >= 0.3 is 0 Å². The Labute approximate surface area is 99.6 Å². The highest BCUT2D eigenvalue weighted by molar-refractivity contribution is 5.02. The molecular formula is C11H17N5O. The molecule has 6 nitrogen and oxygen atoms in total. The molecule has 0 aromatic carbocycles. The number of nitrogens with zero attached hydrogens (tertiary/aromatic N) is 3. The van der Waals surface area contributed by atoms with Crippen LogP contribution in [0.4, 0.5) is 0 Å². The van der Waals surface area contributed by atoms with E-state index in [1.165, 1.54) is 0 Å². The van der Waals surface area contributed by atoms with Gasteiger partial charge in [-0.3, -0.25) is 0 Å². The van der Waals surface area contributed by atoms with Crippen molar-refractivity contribution in [3.8, 4) is 0 Å². The van der Waals surface area contributed by atoms with E-state index in [4.69, 9.17) is 10.3 Å². The fraction of sp³-hybridized carbons (Fsp3) is 0.545. The van der Waals surface area contributed by atoms with Gasteiger partial charge in [-0.1, -0.05) is 19.0 Å². The summed E-state index contributed by atoms with van der Waals surface area (Å²) < 4.78 is 5.16. The van der Waals surface area contributed by atoms with Crippen molar-refractivity contribution >= 4 is 0 Å². The topological polar surface area (TPSA) is 93.6 Å². The molecule has 0 saturated carbocycles. The van der Waals surface area contributed by atoms with Gasteiger partial charge in [-0.25, -0.2) is 4.98 Å². The standard InChI is InChI=1S/C11H17N5O/c1-7(2)3-10-15-11(17-16-10)9(12)4-8-5-13-6-14-8/h5-7,9H,3-4,12H2,1-2H3,(H,13,14)/t9-/m0/s1. The zero-order chi connectivity index (χ0) is 12.3. The van der Waals surface area contributed by atoms with Gasteiger partial charge in [-0.15, -0.1) is 0 Å². The van der Waals surface area contributed by atoms with Crippen LogP contribution in [0.15, 0.2) is 17.0 Å². The lowest BCUT2D eigenvalue weighted by Crippen LogP contribution is -2.14. The largest absolute Gasteiger partial charge is 0.348 e. The van der Waals surface area contributed by atoms with E-state index >= 15 is 0 Å². The van der Waals surface area contributed by atoms with Crippen molar-refractivity contribution in [2.24, 2.45) is 11.7 Å². The molecular weight excluding hydrogens is 218 g/mol. The van der Waals surface area contributed by atoms with Crippen molar-refractivity contribution in [1.29, 1.82) is 0 Å². The molecule has 0 aliphatic heterocycles. The van der Waals surface area contributed by atoms with Crippen molar-refractivity contribution < 1.29 is 4.52 Å². The first-order valence-electron chi connectivity index (χ1n) is 5.70. The van der Waals surface area contributed by atoms with Crippen LogP contribution in [0.1, 0.15) is 37.3 Å². The van der Waals surface area contributed by atoms with E-state index < -0.39 is 0 Å². The fourth-order valence-corrected chi connectivity index (χ4v) is 1.59. The second-order valence-corrected chi connectivity index (χ2v) is 4.53. The van der Waals surface area contributed by atoms with E-state index in [2.05, 4.69) is 34.0 Å². The van der Waals surface area contributed by atoms with E-state index in [1.54, 1.807) is 12.5 Å². The third kappa shape index (κ3) is 3.13. The van der Waals surface area contributed by atoms with Crippen molar-refractivity contribution in [2.45, 2.75) is 32.7 Å². The second kappa shape index (κ2) is 5.09. The van der Waals surface area contributed by atoms with Crippen molar-refractivity contribution in [2.75, 3.05) is 0 Å². The second-order valence-electron chi connectivity index (χ2n) is 4.53. The van der Waals surface area contributed by atoms with Crippen LogP contribution in [-0.2, 0) is 12.8 Å². The van der Waals surface area contributed by atoms with E-state index in [-0.39, 0.29) is 6.04 Å². The Morgan fingerprint density at radius 2 is 2.24 bits per heavy atom. The Balaban J connectivity index is 1.99. The van der Waals surface area contributed by atoms with Gasteiger partial charge in [0.25, 0.3) is 0 Å². The van der Waals surface area contributed by atoms with Gasteiger partial charge in [0.15, 0.2) is 5.82 Å². The molecule has 0 amide bonds. The summed E-state index contributed by atoms with van der Waals surface area (Å²) >= 11 is 0. The number of imidazole rings is 1. The lowest BCUT2D eigenvalue weighted by Gasteiger charge is -2.03. The number of aromatic amines is 1. The Hall–Kier alpha value is -1.69. The van der Waals surface area contributed by atoms with Crippen molar-refractivity contribution in [1.82, 2.24) is 20.1 Å². The summed E-state index contributed by atoms with van der Waals surface area (Å²) in [5, 5.41) is 3.91. The first-order valence-corrected chi connectivity index (χ1v) is 5.70. The summed E-state index contributed by atoms with van der Waals surface area (Å²) in [4.78, 5) is 11.2. The van der Waals surface area contributed by atoms with Gasteiger partial charge in [-0.2, -0.15) is 4.98 Å². The smallest absolute Gasteiger partial charge is 0.243 e. The number of nitrogens with two attached hydrogens (primary N) is 1. The zero-order valence-electron chi connectivity index (χ0n) is 10.1. The highest BCUT2D eigenvalue weighted by Gasteiger charge is 2.16. The molecule has 2 aromatic rings. The summed E-state index contributed by atoms with van der Waals surface area (Å²) in [5.74, 6) is 1.70. The van der Waals surface area contributed by atoms with Crippen LogP contribution in [0.25, 0.3) is 0 Å². The van der Waals surface area contributed by atoms with Gasteiger partial charge in [0.2, 0.25) is 5.89 Å². The van der Waals surface area contributed by atoms with E-state index in [9.17, 15) is 0 Å². The summed E-state index contributed by atoms with van der Waals surface area (Å²) in [6, 6.07) is -0.288. The molecule has 3 N–H and O–H groups in total. The molecule has 0 bridgehead atoms. The minimum absolute atomic E-state index is 0.288. The molecule has 92 valence electrons. The van der Waals surface area contributed by atoms with Crippen molar-refractivity contribution in [3.05, 3.63) is 29.9 Å². The normalized spacial score (nSPS) is 13.2. The highest BCUT2D eigenvalue weighted by atomic mass is 16.5. The summed E-state index contributed by atoms with van der Waals surface area (Å²) in [6.45, 7) is 4.22. The molecule has 6 heteroatoms. The van der Waals surface area contributed by atoms with E-state index in [0.29, 0.717) is 18.2 Å². The summed E-state index contributed by atoms with van der Waals surface area (Å²) in [7, 11) is 0. The molecule has 2 aromatic heterocycles. The van der Waals surface area contributed by atoms with Crippen LogP contribution in [0.5, 0.6) is 0 Å². The van der Waals surface area contributed by atoms with Crippen LogP contribution in [-0.4, -0.2) is 20.1 Å². The Morgan fingerprint density at radius 1 is 1.41 bits per heavy atom. The molecule has 2 rings (SSSR count).